The van der Waals surface area contributed by atoms with E-state index in [-0.39, 0.29) is 11.6 Å². The maximum Gasteiger partial charge on any atom is 0.138 e. The first kappa shape index (κ1) is 28.5. The molecule has 8 aromatic rings. The molecule has 0 amide bonds. The fourth-order valence-electron chi connectivity index (χ4n) is 6.38. The first-order valence-electron chi connectivity index (χ1n) is 15.6. The van der Waals surface area contributed by atoms with Gasteiger partial charge in [-0.1, -0.05) is 59.7 Å². The van der Waals surface area contributed by atoms with Crippen LogP contribution >= 0.6 is 0 Å². The highest BCUT2D eigenvalue weighted by molar-refractivity contribution is 6.22. The van der Waals surface area contributed by atoms with Crippen molar-refractivity contribution in [1.82, 2.24) is 0 Å². The highest BCUT2D eigenvalue weighted by Crippen LogP contribution is 2.46. The standard InChI is InChI=1S/C42H30F2N2O/c1-27-7-15-31(16-8-27)45(32-19-11-29(43)12-20-32)35-23-24-38-40(25-35)47-41-26-39(36-5-3-4-6-37(36)42(38)41)46(33-17-9-28(2)10-18-33)34-21-13-30(44)14-22-34/h3-26H,1-2H3. The van der Waals surface area contributed by atoms with E-state index in [2.05, 4.69) is 103 Å². The van der Waals surface area contributed by atoms with Gasteiger partial charge in [0.15, 0.2) is 0 Å². The molecule has 5 heteroatoms. The molecule has 3 nitrogen and oxygen atoms in total. The molecular weight excluding hydrogens is 586 g/mol. The van der Waals surface area contributed by atoms with Crippen LogP contribution in [0.5, 0.6) is 0 Å². The highest BCUT2D eigenvalue weighted by atomic mass is 19.1. The molecule has 0 saturated carbocycles. The molecule has 0 aliphatic rings. The maximum atomic E-state index is 14.1. The van der Waals surface area contributed by atoms with Gasteiger partial charge < -0.3 is 14.2 Å². The number of halogens is 2. The van der Waals surface area contributed by atoms with Crippen LogP contribution in [-0.2, 0) is 0 Å². The third kappa shape index (κ3) is 5.16. The van der Waals surface area contributed by atoms with Crippen LogP contribution in [0.15, 0.2) is 150 Å². The molecule has 0 saturated heterocycles. The van der Waals surface area contributed by atoms with E-state index < -0.39 is 0 Å². The summed E-state index contributed by atoms with van der Waals surface area (Å²) >= 11 is 0. The lowest BCUT2D eigenvalue weighted by molar-refractivity contribution is 0.627. The third-order valence-corrected chi connectivity index (χ3v) is 8.69. The number of fused-ring (bicyclic) bond motifs is 5. The second-order valence-electron chi connectivity index (χ2n) is 11.9. The smallest absolute Gasteiger partial charge is 0.138 e. The van der Waals surface area contributed by atoms with Crippen LogP contribution in [0.25, 0.3) is 32.7 Å². The van der Waals surface area contributed by atoms with Crippen LogP contribution in [0.4, 0.5) is 42.9 Å². The van der Waals surface area contributed by atoms with Crippen molar-refractivity contribution in [2.24, 2.45) is 0 Å². The Morgan fingerprint density at radius 3 is 1.45 bits per heavy atom. The molecule has 0 bridgehead atoms. The minimum absolute atomic E-state index is 0.284. The van der Waals surface area contributed by atoms with Crippen molar-refractivity contribution in [3.05, 3.63) is 168 Å². The van der Waals surface area contributed by atoms with E-state index in [4.69, 9.17) is 4.42 Å². The number of hydrogen-bond donors (Lipinski definition) is 0. The van der Waals surface area contributed by atoms with Gasteiger partial charge in [-0.2, -0.15) is 0 Å². The Labute approximate surface area is 271 Å². The second kappa shape index (κ2) is 11.5. The van der Waals surface area contributed by atoms with E-state index in [9.17, 15) is 8.78 Å². The number of nitrogens with zero attached hydrogens (tertiary/aromatic N) is 2. The second-order valence-corrected chi connectivity index (χ2v) is 11.9. The molecule has 0 atom stereocenters. The summed E-state index contributed by atoms with van der Waals surface area (Å²) in [4.78, 5) is 4.25. The average Bonchev–Trinajstić information content (AvgIpc) is 3.46. The minimum Gasteiger partial charge on any atom is -0.456 e. The summed E-state index contributed by atoms with van der Waals surface area (Å²) in [5.41, 5.74) is 9.20. The van der Waals surface area contributed by atoms with Crippen molar-refractivity contribution in [1.29, 1.82) is 0 Å². The van der Waals surface area contributed by atoms with Crippen molar-refractivity contribution in [2.45, 2.75) is 13.8 Å². The molecule has 7 aromatic carbocycles. The number of benzene rings is 7. The van der Waals surface area contributed by atoms with Gasteiger partial charge in [0.1, 0.15) is 22.8 Å². The van der Waals surface area contributed by atoms with Crippen LogP contribution in [0.1, 0.15) is 11.1 Å². The molecule has 0 fully saturated rings. The van der Waals surface area contributed by atoms with Crippen LogP contribution in [0.3, 0.4) is 0 Å². The van der Waals surface area contributed by atoms with Gasteiger partial charge in [0.2, 0.25) is 0 Å². The Morgan fingerprint density at radius 2 is 0.894 bits per heavy atom. The Kier molecular flexibility index (Phi) is 6.95. The number of rotatable bonds is 6. The lowest BCUT2D eigenvalue weighted by atomic mass is 10.0. The van der Waals surface area contributed by atoms with Gasteiger partial charge in [-0.15, -0.1) is 0 Å². The number of furan rings is 1. The fraction of sp³-hybridized carbons (Fsp3) is 0.0476. The largest absolute Gasteiger partial charge is 0.456 e. The van der Waals surface area contributed by atoms with Gasteiger partial charge >= 0.3 is 0 Å². The van der Waals surface area contributed by atoms with Crippen LogP contribution in [-0.4, -0.2) is 0 Å². The molecule has 0 N–H and O–H groups in total. The highest BCUT2D eigenvalue weighted by Gasteiger charge is 2.21. The molecule has 0 aliphatic carbocycles. The Hall–Kier alpha value is -5.94. The first-order chi connectivity index (χ1) is 22.9. The molecule has 0 radical (unpaired) electrons. The molecule has 228 valence electrons. The Balaban J connectivity index is 1.35. The SMILES string of the molecule is Cc1ccc(N(c2ccc(F)cc2)c2ccc3c(c2)oc2cc(N(c4ccc(C)cc4)c4ccc(F)cc4)c4ccccc4c23)cc1. The van der Waals surface area contributed by atoms with Crippen LogP contribution in [0.2, 0.25) is 0 Å². The maximum absolute atomic E-state index is 14.1. The van der Waals surface area contributed by atoms with Crippen molar-refractivity contribution in [2.75, 3.05) is 9.80 Å². The lowest BCUT2D eigenvalue weighted by Gasteiger charge is -2.27. The van der Waals surface area contributed by atoms with E-state index in [0.717, 1.165) is 78.0 Å². The summed E-state index contributed by atoms with van der Waals surface area (Å²) < 4.78 is 34.7. The summed E-state index contributed by atoms with van der Waals surface area (Å²) in [6, 6.07) is 46.3. The monoisotopic (exact) mass is 616 g/mol. The molecular formula is C42H30F2N2O. The zero-order valence-electron chi connectivity index (χ0n) is 25.9. The molecule has 0 spiro atoms. The first-order valence-corrected chi connectivity index (χ1v) is 15.6. The van der Waals surface area contributed by atoms with Gasteiger partial charge in [-0.25, -0.2) is 8.78 Å². The quantitative estimate of drug-likeness (QED) is 0.185. The minimum atomic E-state index is -0.286. The van der Waals surface area contributed by atoms with Gasteiger partial charge in [0.25, 0.3) is 0 Å². The normalized spacial score (nSPS) is 11.4. The topological polar surface area (TPSA) is 19.6 Å². The lowest BCUT2D eigenvalue weighted by Crippen LogP contribution is -2.10. The number of hydrogen-bond acceptors (Lipinski definition) is 3. The van der Waals surface area contributed by atoms with Gasteiger partial charge in [-0.05, 0) is 104 Å². The van der Waals surface area contributed by atoms with Crippen molar-refractivity contribution in [3.8, 4) is 0 Å². The third-order valence-electron chi connectivity index (χ3n) is 8.69. The molecule has 0 aliphatic heterocycles. The Morgan fingerprint density at radius 1 is 0.426 bits per heavy atom. The van der Waals surface area contributed by atoms with E-state index in [0.29, 0.717) is 0 Å². The Bertz CT molecular complexity index is 2290. The van der Waals surface area contributed by atoms with Crippen molar-refractivity contribution >= 4 is 66.8 Å². The van der Waals surface area contributed by atoms with E-state index in [1.165, 1.54) is 24.3 Å². The van der Waals surface area contributed by atoms with Crippen molar-refractivity contribution < 1.29 is 13.2 Å². The molecule has 0 unspecified atom stereocenters. The summed E-state index contributed by atoms with van der Waals surface area (Å²) in [6.07, 6.45) is 0. The summed E-state index contributed by atoms with van der Waals surface area (Å²) in [5, 5.41) is 4.12. The van der Waals surface area contributed by atoms with Gasteiger partial charge in [-0.3, -0.25) is 0 Å². The molecule has 8 rings (SSSR count). The van der Waals surface area contributed by atoms with E-state index >= 15 is 0 Å². The van der Waals surface area contributed by atoms with E-state index in [1.807, 2.05) is 18.2 Å². The van der Waals surface area contributed by atoms with Crippen LogP contribution < -0.4 is 9.80 Å². The molecule has 1 heterocycles. The van der Waals surface area contributed by atoms with Gasteiger partial charge in [0.05, 0.1) is 5.69 Å². The predicted molar refractivity (Wildman–Crippen MR) is 190 cm³/mol. The number of anilines is 6. The molecule has 47 heavy (non-hydrogen) atoms. The zero-order chi connectivity index (χ0) is 32.1. The molecule has 1 aromatic heterocycles. The summed E-state index contributed by atoms with van der Waals surface area (Å²) in [5.74, 6) is -0.570. The van der Waals surface area contributed by atoms with Gasteiger partial charge in [0, 0.05) is 56.7 Å². The average molecular weight is 617 g/mol. The summed E-state index contributed by atoms with van der Waals surface area (Å²) in [6.45, 7) is 4.12. The number of aryl methyl sites for hydroxylation is 2. The fourth-order valence-corrected chi connectivity index (χ4v) is 6.38. The van der Waals surface area contributed by atoms with Crippen LogP contribution in [0, 0.1) is 25.5 Å². The predicted octanol–water partition coefficient (Wildman–Crippen LogP) is 12.6. The van der Waals surface area contributed by atoms with Crippen molar-refractivity contribution in [3.63, 3.8) is 0 Å². The van der Waals surface area contributed by atoms with E-state index in [1.54, 1.807) is 24.3 Å². The summed E-state index contributed by atoms with van der Waals surface area (Å²) in [7, 11) is 0. The zero-order valence-corrected chi connectivity index (χ0v) is 25.9.